The molecule has 0 fully saturated rings. The number of nitrogens with zero attached hydrogens (tertiary/aromatic N) is 1. The van der Waals surface area contributed by atoms with Crippen molar-refractivity contribution in [3.63, 3.8) is 0 Å². The first kappa shape index (κ1) is 15.8. The molecule has 0 amide bonds. The molecule has 1 rings (SSSR count). The van der Waals surface area contributed by atoms with Gasteiger partial charge in [0.2, 0.25) is 5.43 Å². The van der Waals surface area contributed by atoms with Gasteiger partial charge >= 0.3 is 0 Å². The molecule has 4 heteroatoms. The number of rotatable bonds is 5. The average Bonchev–Trinajstić information content (AvgIpc) is 2.20. The van der Waals surface area contributed by atoms with Crippen molar-refractivity contribution >= 4 is 0 Å². The lowest BCUT2D eigenvalue weighted by Crippen LogP contribution is -2.35. The summed E-state index contributed by atoms with van der Waals surface area (Å²) >= 11 is 0. The monoisotopic (exact) mass is 267 g/mol. The Morgan fingerprint density at radius 3 is 2.47 bits per heavy atom. The maximum atomic E-state index is 11.4. The van der Waals surface area contributed by atoms with Crippen LogP contribution in [0.5, 0.6) is 5.75 Å². The third kappa shape index (κ3) is 5.92. The smallest absolute Gasteiger partial charge is 0.226 e. The van der Waals surface area contributed by atoms with Gasteiger partial charge in [0.15, 0.2) is 5.75 Å². The molecule has 0 aliphatic carbocycles. The lowest BCUT2D eigenvalue weighted by Gasteiger charge is -2.30. The van der Waals surface area contributed by atoms with Crippen molar-refractivity contribution in [2.24, 2.45) is 11.3 Å². The first-order chi connectivity index (χ1) is 8.67. The second-order valence-corrected chi connectivity index (χ2v) is 6.72. The maximum Gasteiger partial charge on any atom is 0.226 e. The molecule has 0 spiro atoms. The molecule has 0 radical (unpaired) electrons. The van der Waals surface area contributed by atoms with Gasteiger partial charge in [0.05, 0.1) is 6.54 Å². The molecule has 0 aliphatic heterocycles. The molecule has 1 aromatic heterocycles. The second kappa shape index (κ2) is 6.24. The number of hydrogen-bond donors (Lipinski definition) is 1. The van der Waals surface area contributed by atoms with Crippen molar-refractivity contribution in [2.75, 3.05) is 13.1 Å². The molecule has 4 nitrogen and oxygen atoms in total. The van der Waals surface area contributed by atoms with Crippen molar-refractivity contribution in [2.45, 2.75) is 41.2 Å². The van der Waals surface area contributed by atoms with Crippen molar-refractivity contribution in [1.82, 2.24) is 4.90 Å². The van der Waals surface area contributed by atoms with Crippen LogP contribution in [-0.2, 0) is 6.54 Å². The second-order valence-electron chi connectivity index (χ2n) is 6.72. The molecule has 1 N–H and O–H groups in total. The normalized spacial score (nSPS) is 12.4. The number of aromatic hydroxyl groups is 1. The molecule has 0 aliphatic rings. The van der Waals surface area contributed by atoms with Gasteiger partial charge in [0.1, 0.15) is 12.0 Å². The fraction of sp³-hybridized carbons (Fsp3) is 0.667. The Hall–Kier alpha value is -1.29. The van der Waals surface area contributed by atoms with E-state index in [9.17, 15) is 9.90 Å². The minimum absolute atomic E-state index is 0.187. The largest absolute Gasteiger partial charge is 0.502 e. The summed E-state index contributed by atoms with van der Waals surface area (Å²) in [4.78, 5) is 13.7. The topological polar surface area (TPSA) is 53.7 Å². The van der Waals surface area contributed by atoms with Gasteiger partial charge in [-0.25, -0.2) is 0 Å². The summed E-state index contributed by atoms with van der Waals surface area (Å²) < 4.78 is 5.27. The van der Waals surface area contributed by atoms with Crippen LogP contribution in [0.15, 0.2) is 21.5 Å². The third-order valence-corrected chi connectivity index (χ3v) is 2.57. The van der Waals surface area contributed by atoms with Crippen LogP contribution in [0.4, 0.5) is 0 Å². The average molecular weight is 267 g/mol. The molecule has 0 bridgehead atoms. The van der Waals surface area contributed by atoms with E-state index in [1.165, 1.54) is 6.07 Å². The molecular formula is C15H25NO3. The zero-order chi connectivity index (χ0) is 14.6. The van der Waals surface area contributed by atoms with Crippen molar-refractivity contribution < 1.29 is 9.52 Å². The molecule has 0 saturated carbocycles. The van der Waals surface area contributed by atoms with Crippen LogP contribution in [-0.4, -0.2) is 23.1 Å². The van der Waals surface area contributed by atoms with Crippen molar-refractivity contribution in [1.29, 1.82) is 0 Å². The predicted molar refractivity (Wildman–Crippen MR) is 76.2 cm³/mol. The van der Waals surface area contributed by atoms with Gasteiger partial charge in [0, 0.05) is 19.2 Å². The highest BCUT2D eigenvalue weighted by atomic mass is 16.4. The summed E-state index contributed by atoms with van der Waals surface area (Å²) in [5.41, 5.74) is -0.201. The first-order valence-electron chi connectivity index (χ1n) is 6.70. The van der Waals surface area contributed by atoms with Crippen LogP contribution in [0.3, 0.4) is 0 Å². The molecule has 108 valence electrons. The van der Waals surface area contributed by atoms with Gasteiger partial charge in [-0.2, -0.15) is 0 Å². The maximum absolute atomic E-state index is 11.4. The van der Waals surface area contributed by atoms with E-state index >= 15 is 0 Å². The fourth-order valence-electron chi connectivity index (χ4n) is 2.12. The molecule has 1 aromatic rings. The minimum Gasteiger partial charge on any atom is -0.502 e. The summed E-state index contributed by atoms with van der Waals surface area (Å²) in [5.74, 6) is 0.800. The zero-order valence-corrected chi connectivity index (χ0v) is 12.6. The van der Waals surface area contributed by atoms with E-state index in [-0.39, 0.29) is 16.6 Å². The van der Waals surface area contributed by atoms with Crippen LogP contribution >= 0.6 is 0 Å². The highest BCUT2D eigenvalue weighted by molar-refractivity contribution is 5.15. The van der Waals surface area contributed by atoms with Crippen LogP contribution in [0.1, 0.15) is 40.4 Å². The highest BCUT2D eigenvalue weighted by Gasteiger charge is 2.18. The number of hydrogen-bond acceptors (Lipinski definition) is 4. The third-order valence-electron chi connectivity index (χ3n) is 2.57. The molecule has 19 heavy (non-hydrogen) atoms. The summed E-state index contributed by atoms with van der Waals surface area (Å²) in [6.07, 6.45) is 1.11. The van der Waals surface area contributed by atoms with E-state index < -0.39 is 0 Å². The van der Waals surface area contributed by atoms with Gasteiger partial charge in [-0.3, -0.25) is 9.69 Å². The lowest BCUT2D eigenvalue weighted by molar-refractivity contribution is 0.155. The van der Waals surface area contributed by atoms with Gasteiger partial charge < -0.3 is 9.52 Å². The summed E-state index contributed by atoms with van der Waals surface area (Å²) in [6, 6.07) is 1.37. The molecule has 0 saturated heterocycles. The standard InChI is InChI=1S/C15H25NO3/c1-11(2)7-16(10-15(3,4)5)8-12-6-13(17)14(18)9-19-12/h6,9,11,18H,7-8,10H2,1-5H3. The Morgan fingerprint density at radius 1 is 1.37 bits per heavy atom. The van der Waals surface area contributed by atoms with E-state index in [0.717, 1.165) is 19.4 Å². The minimum atomic E-state index is -0.387. The summed E-state index contributed by atoms with van der Waals surface area (Å²) in [6.45, 7) is 13.4. The highest BCUT2D eigenvalue weighted by Crippen LogP contribution is 2.18. The zero-order valence-electron chi connectivity index (χ0n) is 12.6. The quantitative estimate of drug-likeness (QED) is 0.891. The Labute approximate surface area is 115 Å². The van der Waals surface area contributed by atoms with E-state index in [1.54, 1.807) is 0 Å². The summed E-state index contributed by atoms with van der Waals surface area (Å²) in [5, 5.41) is 9.19. The molecule has 0 aromatic carbocycles. The van der Waals surface area contributed by atoms with E-state index in [1.807, 2.05) is 0 Å². The van der Waals surface area contributed by atoms with Crippen LogP contribution in [0.2, 0.25) is 0 Å². The lowest BCUT2D eigenvalue weighted by atomic mass is 9.95. The summed E-state index contributed by atoms with van der Waals surface area (Å²) in [7, 11) is 0. The van der Waals surface area contributed by atoms with Crippen molar-refractivity contribution in [3.05, 3.63) is 28.3 Å². The van der Waals surface area contributed by atoms with Gasteiger partial charge in [-0.15, -0.1) is 0 Å². The predicted octanol–water partition coefficient (Wildman–Crippen LogP) is 2.85. The SMILES string of the molecule is CC(C)CN(Cc1cc(=O)c(O)co1)CC(C)(C)C. The Kier molecular flexibility index (Phi) is 5.18. The Balaban J connectivity index is 2.81. The van der Waals surface area contributed by atoms with Gasteiger partial charge in [-0.1, -0.05) is 34.6 Å². The molecule has 0 atom stereocenters. The van der Waals surface area contributed by atoms with Crippen LogP contribution < -0.4 is 5.43 Å². The van der Waals surface area contributed by atoms with Crippen LogP contribution in [0.25, 0.3) is 0 Å². The molecule has 0 unspecified atom stereocenters. The van der Waals surface area contributed by atoms with Crippen LogP contribution in [0, 0.1) is 11.3 Å². The molecule has 1 heterocycles. The van der Waals surface area contributed by atoms with Gasteiger partial charge in [-0.05, 0) is 11.3 Å². The Bertz CT molecular complexity index is 457. The Morgan fingerprint density at radius 2 is 2.00 bits per heavy atom. The van der Waals surface area contributed by atoms with E-state index in [2.05, 4.69) is 39.5 Å². The fourth-order valence-corrected chi connectivity index (χ4v) is 2.12. The molecular weight excluding hydrogens is 242 g/mol. The van der Waals surface area contributed by atoms with E-state index in [4.69, 9.17) is 4.42 Å². The van der Waals surface area contributed by atoms with E-state index in [0.29, 0.717) is 18.2 Å². The first-order valence-corrected chi connectivity index (χ1v) is 6.70. The van der Waals surface area contributed by atoms with Crippen molar-refractivity contribution in [3.8, 4) is 5.75 Å². The van der Waals surface area contributed by atoms with Gasteiger partial charge in [0.25, 0.3) is 0 Å².